The fourth-order valence-corrected chi connectivity index (χ4v) is 2.78. The van der Waals surface area contributed by atoms with Crippen LogP contribution in [0.4, 0.5) is 5.69 Å². The van der Waals surface area contributed by atoms with E-state index in [1.807, 2.05) is 31.2 Å². The maximum absolute atomic E-state index is 12.6. The Morgan fingerprint density at radius 2 is 2.17 bits per heavy atom. The molecule has 23 heavy (non-hydrogen) atoms. The molecule has 1 fully saturated rings. The normalized spacial score (nSPS) is 18.4. The summed E-state index contributed by atoms with van der Waals surface area (Å²) in [4.78, 5) is 26.3. The lowest BCUT2D eigenvalue weighted by molar-refractivity contribution is -0.129. The minimum absolute atomic E-state index is 0.0307. The first-order chi connectivity index (χ1) is 11.2. The third-order valence-electron chi connectivity index (χ3n) is 3.98. The molecule has 124 valence electrons. The standard InChI is InChI=1S/C17H24N4O2/c1-2-9-19-16(22)11-14-4-3-10-21(17(14)23)15-7-5-13(6-8-15)12-20-18/h5-8,12,14H,2-4,9-11,18H2,1H3,(H,19,22). The van der Waals surface area contributed by atoms with Crippen molar-refractivity contribution in [2.24, 2.45) is 16.9 Å². The van der Waals surface area contributed by atoms with E-state index in [0.717, 1.165) is 30.5 Å². The first-order valence-corrected chi connectivity index (χ1v) is 8.07. The van der Waals surface area contributed by atoms with Gasteiger partial charge in [-0.3, -0.25) is 9.59 Å². The number of anilines is 1. The molecule has 2 amide bonds. The van der Waals surface area contributed by atoms with E-state index in [-0.39, 0.29) is 24.2 Å². The van der Waals surface area contributed by atoms with Crippen molar-refractivity contribution in [1.82, 2.24) is 5.32 Å². The molecule has 6 heteroatoms. The molecular weight excluding hydrogens is 292 g/mol. The van der Waals surface area contributed by atoms with Crippen LogP contribution in [0.2, 0.25) is 0 Å². The van der Waals surface area contributed by atoms with Crippen LogP contribution in [0, 0.1) is 5.92 Å². The largest absolute Gasteiger partial charge is 0.356 e. The van der Waals surface area contributed by atoms with Gasteiger partial charge in [0.15, 0.2) is 0 Å². The molecule has 0 aromatic heterocycles. The van der Waals surface area contributed by atoms with Crippen molar-refractivity contribution in [1.29, 1.82) is 0 Å². The van der Waals surface area contributed by atoms with Gasteiger partial charge in [0, 0.05) is 31.1 Å². The summed E-state index contributed by atoms with van der Waals surface area (Å²) in [6.07, 6.45) is 4.40. The van der Waals surface area contributed by atoms with Gasteiger partial charge in [0.2, 0.25) is 11.8 Å². The zero-order valence-corrected chi connectivity index (χ0v) is 13.5. The predicted octanol–water partition coefficient (Wildman–Crippen LogP) is 1.64. The third-order valence-corrected chi connectivity index (χ3v) is 3.98. The van der Waals surface area contributed by atoms with E-state index in [0.29, 0.717) is 13.1 Å². The molecule has 3 N–H and O–H groups in total. The molecule has 1 aromatic carbocycles. The van der Waals surface area contributed by atoms with Gasteiger partial charge < -0.3 is 16.1 Å². The van der Waals surface area contributed by atoms with Gasteiger partial charge >= 0.3 is 0 Å². The predicted molar refractivity (Wildman–Crippen MR) is 91.2 cm³/mol. The number of carbonyl (C=O) groups excluding carboxylic acids is 2. The molecular formula is C17H24N4O2. The molecule has 1 aromatic rings. The summed E-state index contributed by atoms with van der Waals surface area (Å²) in [7, 11) is 0. The summed E-state index contributed by atoms with van der Waals surface area (Å²) in [6, 6.07) is 7.51. The van der Waals surface area contributed by atoms with Crippen LogP contribution in [-0.4, -0.2) is 31.1 Å². The Balaban J connectivity index is 2.02. The number of piperidine rings is 1. The summed E-state index contributed by atoms with van der Waals surface area (Å²) >= 11 is 0. The fourth-order valence-electron chi connectivity index (χ4n) is 2.78. The van der Waals surface area contributed by atoms with E-state index >= 15 is 0 Å². The van der Waals surface area contributed by atoms with Crippen LogP contribution in [0.5, 0.6) is 0 Å². The van der Waals surface area contributed by atoms with E-state index in [1.165, 1.54) is 0 Å². The lowest BCUT2D eigenvalue weighted by Gasteiger charge is -2.32. The average molecular weight is 316 g/mol. The van der Waals surface area contributed by atoms with E-state index in [2.05, 4.69) is 10.4 Å². The Morgan fingerprint density at radius 3 is 2.83 bits per heavy atom. The van der Waals surface area contributed by atoms with Crippen LogP contribution in [-0.2, 0) is 9.59 Å². The van der Waals surface area contributed by atoms with Crippen molar-refractivity contribution in [3.05, 3.63) is 29.8 Å². The molecule has 1 aliphatic rings. The summed E-state index contributed by atoms with van der Waals surface area (Å²) in [6.45, 7) is 3.36. The maximum Gasteiger partial charge on any atom is 0.230 e. The van der Waals surface area contributed by atoms with Gasteiger partial charge in [0.05, 0.1) is 6.21 Å². The number of amides is 2. The second kappa shape index (κ2) is 8.31. The van der Waals surface area contributed by atoms with Gasteiger partial charge in [-0.2, -0.15) is 5.10 Å². The Bertz CT molecular complexity index is 568. The summed E-state index contributed by atoms with van der Waals surface area (Å²) in [5.74, 6) is 4.89. The average Bonchev–Trinajstić information content (AvgIpc) is 2.56. The van der Waals surface area contributed by atoms with E-state index in [4.69, 9.17) is 5.84 Å². The Kier molecular flexibility index (Phi) is 6.14. The first-order valence-electron chi connectivity index (χ1n) is 8.07. The molecule has 2 rings (SSSR count). The van der Waals surface area contributed by atoms with E-state index in [9.17, 15) is 9.59 Å². The number of hydrogen-bond acceptors (Lipinski definition) is 4. The molecule has 0 aliphatic carbocycles. The quantitative estimate of drug-likeness (QED) is 0.475. The van der Waals surface area contributed by atoms with Gasteiger partial charge in [-0.15, -0.1) is 0 Å². The Morgan fingerprint density at radius 1 is 1.43 bits per heavy atom. The van der Waals surface area contributed by atoms with Crippen LogP contribution in [0.15, 0.2) is 29.4 Å². The second-order valence-electron chi connectivity index (χ2n) is 5.75. The topological polar surface area (TPSA) is 87.8 Å². The molecule has 1 heterocycles. The smallest absolute Gasteiger partial charge is 0.230 e. The highest BCUT2D eigenvalue weighted by molar-refractivity contribution is 5.98. The van der Waals surface area contributed by atoms with Crippen molar-refractivity contribution in [3.63, 3.8) is 0 Å². The molecule has 0 bridgehead atoms. The van der Waals surface area contributed by atoms with Crippen molar-refractivity contribution in [2.75, 3.05) is 18.0 Å². The van der Waals surface area contributed by atoms with Crippen LogP contribution in [0.25, 0.3) is 0 Å². The molecule has 0 saturated carbocycles. The monoisotopic (exact) mass is 316 g/mol. The van der Waals surface area contributed by atoms with Crippen molar-refractivity contribution in [2.45, 2.75) is 32.6 Å². The summed E-state index contributed by atoms with van der Waals surface area (Å²) < 4.78 is 0. The van der Waals surface area contributed by atoms with Gasteiger partial charge in [0.25, 0.3) is 0 Å². The minimum atomic E-state index is -0.231. The van der Waals surface area contributed by atoms with E-state index in [1.54, 1.807) is 11.1 Å². The first kappa shape index (κ1) is 17.0. The van der Waals surface area contributed by atoms with E-state index < -0.39 is 0 Å². The number of rotatable bonds is 6. The molecule has 6 nitrogen and oxygen atoms in total. The molecule has 1 unspecified atom stereocenters. The summed E-state index contributed by atoms with van der Waals surface area (Å²) in [5, 5.41) is 6.32. The third kappa shape index (κ3) is 4.55. The maximum atomic E-state index is 12.6. The molecule has 1 atom stereocenters. The van der Waals surface area contributed by atoms with Crippen LogP contribution in [0.3, 0.4) is 0 Å². The lowest BCUT2D eigenvalue weighted by Crippen LogP contribution is -2.43. The number of carbonyl (C=O) groups is 2. The fraction of sp³-hybridized carbons (Fsp3) is 0.471. The van der Waals surface area contributed by atoms with Crippen LogP contribution >= 0.6 is 0 Å². The molecule has 0 spiro atoms. The highest BCUT2D eigenvalue weighted by atomic mass is 16.2. The van der Waals surface area contributed by atoms with Crippen molar-refractivity contribution >= 4 is 23.7 Å². The number of hydrazone groups is 1. The van der Waals surface area contributed by atoms with Gasteiger partial charge in [-0.25, -0.2) is 0 Å². The zero-order chi connectivity index (χ0) is 16.7. The Labute approximate surface area is 136 Å². The van der Waals surface area contributed by atoms with Gasteiger partial charge in [-0.1, -0.05) is 19.1 Å². The highest BCUT2D eigenvalue weighted by Crippen LogP contribution is 2.26. The Hall–Kier alpha value is -2.37. The highest BCUT2D eigenvalue weighted by Gasteiger charge is 2.31. The number of nitrogens with two attached hydrogens (primary N) is 1. The van der Waals surface area contributed by atoms with Gasteiger partial charge in [-0.05, 0) is 37.0 Å². The van der Waals surface area contributed by atoms with Crippen LogP contribution < -0.4 is 16.1 Å². The van der Waals surface area contributed by atoms with Crippen molar-refractivity contribution < 1.29 is 9.59 Å². The number of nitrogens with zero attached hydrogens (tertiary/aromatic N) is 2. The number of benzene rings is 1. The SMILES string of the molecule is CCCNC(=O)CC1CCCN(c2ccc(C=NN)cc2)C1=O. The number of nitrogens with one attached hydrogen (secondary N) is 1. The molecule has 0 radical (unpaired) electrons. The van der Waals surface area contributed by atoms with Crippen molar-refractivity contribution in [3.8, 4) is 0 Å². The van der Waals surface area contributed by atoms with Crippen LogP contribution in [0.1, 0.15) is 38.2 Å². The minimum Gasteiger partial charge on any atom is -0.356 e. The zero-order valence-electron chi connectivity index (χ0n) is 13.5. The summed E-state index contributed by atoms with van der Waals surface area (Å²) in [5.41, 5.74) is 1.74. The molecule has 1 aliphatic heterocycles. The number of hydrogen-bond donors (Lipinski definition) is 2. The molecule has 1 saturated heterocycles. The van der Waals surface area contributed by atoms with Gasteiger partial charge in [0.1, 0.15) is 0 Å². The second-order valence-corrected chi connectivity index (χ2v) is 5.75. The lowest BCUT2D eigenvalue weighted by atomic mass is 9.93.